The van der Waals surface area contributed by atoms with Crippen molar-refractivity contribution in [3.05, 3.63) is 75.3 Å². The molecule has 0 fully saturated rings. The zero-order valence-electron chi connectivity index (χ0n) is 14.6. The molecule has 0 bridgehead atoms. The lowest BCUT2D eigenvalue weighted by atomic mass is 9.92. The molecule has 0 spiro atoms. The minimum absolute atomic E-state index is 0.187. The molecule has 0 aliphatic heterocycles. The Bertz CT molecular complexity index is 1180. The minimum atomic E-state index is -1.58. The van der Waals surface area contributed by atoms with Gasteiger partial charge in [-0.3, -0.25) is 4.79 Å². The van der Waals surface area contributed by atoms with Crippen molar-refractivity contribution in [1.82, 2.24) is 4.98 Å². The Balaban J connectivity index is 2.33. The fourth-order valence-electron chi connectivity index (χ4n) is 3.01. The van der Waals surface area contributed by atoms with E-state index in [0.29, 0.717) is 16.7 Å². The molecule has 1 aromatic heterocycles. The summed E-state index contributed by atoms with van der Waals surface area (Å²) in [6, 6.07) is 10.7. The van der Waals surface area contributed by atoms with E-state index in [-0.39, 0.29) is 16.9 Å². The van der Waals surface area contributed by atoms with Crippen LogP contribution in [0.5, 0.6) is 0 Å². The van der Waals surface area contributed by atoms with Crippen molar-refractivity contribution < 1.29 is 24.2 Å². The Morgan fingerprint density at radius 1 is 0.964 bits per heavy atom. The molecule has 0 aliphatic rings. The van der Waals surface area contributed by atoms with Crippen LogP contribution in [-0.2, 0) is 0 Å². The van der Waals surface area contributed by atoms with Crippen LogP contribution in [0.1, 0.15) is 26.3 Å². The number of nitrogens with one attached hydrogen (secondary N) is 1. The number of carboxylic acids is 2. The number of carboxylic acid groups (broad SMARTS) is 2. The van der Waals surface area contributed by atoms with Gasteiger partial charge >= 0.3 is 11.9 Å². The predicted octanol–water partition coefficient (Wildman–Crippen LogP) is 3.14. The highest BCUT2D eigenvalue weighted by atomic mass is 19.1. The lowest BCUT2D eigenvalue weighted by molar-refractivity contribution is 0.0695. The van der Waals surface area contributed by atoms with Gasteiger partial charge in [0, 0.05) is 5.56 Å². The number of aryl methyl sites for hydroxylation is 1. The van der Waals surface area contributed by atoms with Crippen LogP contribution in [0.3, 0.4) is 0 Å². The quantitative estimate of drug-likeness (QED) is 0.548. The van der Waals surface area contributed by atoms with Crippen molar-refractivity contribution in [2.24, 2.45) is 0 Å². The molecule has 0 amide bonds. The van der Waals surface area contributed by atoms with E-state index < -0.39 is 34.4 Å². The average molecular weight is 382 g/mol. The van der Waals surface area contributed by atoms with E-state index in [4.69, 9.17) is 5.73 Å². The molecule has 142 valence electrons. The molecule has 0 atom stereocenters. The van der Waals surface area contributed by atoms with Gasteiger partial charge in [0.05, 0.1) is 0 Å². The first-order chi connectivity index (χ1) is 13.2. The summed E-state index contributed by atoms with van der Waals surface area (Å²) in [5.74, 6) is -3.87. The van der Waals surface area contributed by atoms with E-state index in [9.17, 15) is 29.0 Å². The number of aromatic nitrogens is 1. The first kappa shape index (κ1) is 18.8. The number of benzene rings is 2. The lowest BCUT2D eigenvalue weighted by Gasteiger charge is -2.13. The third-order valence-electron chi connectivity index (χ3n) is 4.31. The molecule has 3 aromatic rings. The second-order valence-corrected chi connectivity index (χ2v) is 6.15. The first-order valence-corrected chi connectivity index (χ1v) is 8.10. The van der Waals surface area contributed by atoms with Gasteiger partial charge in [0.15, 0.2) is 0 Å². The summed E-state index contributed by atoms with van der Waals surface area (Å²) in [6.45, 7) is 1.60. The maximum absolute atomic E-state index is 13.5. The van der Waals surface area contributed by atoms with Crippen LogP contribution < -0.4 is 11.3 Å². The third kappa shape index (κ3) is 3.23. The van der Waals surface area contributed by atoms with Crippen LogP contribution in [0.4, 0.5) is 10.2 Å². The topological polar surface area (TPSA) is 133 Å². The SMILES string of the molecule is Cc1cc(-c2cccc(-c3c(C(=O)O)c(N)[nH]c(=O)c3C(=O)O)c2)ccc1F. The van der Waals surface area contributed by atoms with E-state index in [2.05, 4.69) is 4.98 Å². The maximum Gasteiger partial charge on any atom is 0.342 e. The summed E-state index contributed by atoms with van der Waals surface area (Å²) < 4.78 is 13.5. The second kappa shape index (κ2) is 6.99. The Morgan fingerprint density at radius 3 is 2.18 bits per heavy atom. The fraction of sp³-hybridized carbons (Fsp3) is 0.0500. The number of nitrogen functional groups attached to an aromatic ring is 1. The number of nitrogens with two attached hydrogens (primary N) is 1. The highest BCUT2D eigenvalue weighted by molar-refractivity contribution is 6.07. The summed E-state index contributed by atoms with van der Waals surface area (Å²) in [5, 5.41) is 19.0. The fourth-order valence-corrected chi connectivity index (χ4v) is 3.01. The molecule has 1 heterocycles. The van der Waals surface area contributed by atoms with Gasteiger partial charge in [0.2, 0.25) is 0 Å². The summed E-state index contributed by atoms with van der Waals surface area (Å²) >= 11 is 0. The highest BCUT2D eigenvalue weighted by Crippen LogP contribution is 2.32. The molecule has 2 aromatic carbocycles. The molecule has 0 unspecified atom stereocenters. The number of hydrogen-bond acceptors (Lipinski definition) is 4. The number of hydrogen-bond donors (Lipinski definition) is 4. The van der Waals surface area contributed by atoms with Crippen LogP contribution in [0, 0.1) is 12.7 Å². The molecule has 0 saturated carbocycles. The van der Waals surface area contributed by atoms with Crippen LogP contribution in [-0.4, -0.2) is 27.1 Å². The molecule has 8 heteroatoms. The summed E-state index contributed by atoms with van der Waals surface area (Å²) in [6.07, 6.45) is 0. The molecular formula is C20H15FN2O5. The number of halogens is 1. The van der Waals surface area contributed by atoms with Crippen LogP contribution in [0.25, 0.3) is 22.3 Å². The number of carbonyl (C=O) groups is 2. The number of aromatic amines is 1. The second-order valence-electron chi connectivity index (χ2n) is 6.15. The van der Waals surface area contributed by atoms with Gasteiger partial charge in [0.25, 0.3) is 5.56 Å². The van der Waals surface area contributed by atoms with Gasteiger partial charge in [-0.1, -0.05) is 24.3 Å². The van der Waals surface area contributed by atoms with E-state index in [1.807, 2.05) is 0 Å². The van der Waals surface area contributed by atoms with E-state index in [1.54, 1.807) is 31.2 Å². The number of rotatable bonds is 4. The molecule has 28 heavy (non-hydrogen) atoms. The van der Waals surface area contributed by atoms with Crippen molar-refractivity contribution in [1.29, 1.82) is 0 Å². The Morgan fingerprint density at radius 2 is 1.57 bits per heavy atom. The van der Waals surface area contributed by atoms with E-state index in [0.717, 1.165) is 0 Å². The van der Waals surface area contributed by atoms with Crippen molar-refractivity contribution in [2.45, 2.75) is 6.92 Å². The molecule has 7 nitrogen and oxygen atoms in total. The molecule has 0 saturated heterocycles. The van der Waals surface area contributed by atoms with Gasteiger partial charge in [-0.25, -0.2) is 14.0 Å². The molecule has 0 aliphatic carbocycles. The maximum atomic E-state index is 13.5. The Hall–Kier alpha value is -3.94. The largest absolute Gasteiger partial charge is 0.478 e. The molecule has 0 radical (unpaired) electrons. The zero-order chi connectivity index (χ0) is 20.6. The normalized spacial score (nSPS) is 10.6. The Kier molecular flexibility index (Phi) is 4.70. The highest BCUT2D eigenvalue weighted by Gasteiger charge is 2.26. The smallest absolute Gasteiger partial charge is 0.342 e. The summed E-state index contributed by atoms with van der Waals surface area (Å²) in [7, 11) is 0. The molecule has 3 rings (SSSR count). The van der Waals surface area contributed by atoms with Crippen molar-refractivity contribution in [3.8, 4) is 22.3 Å². The Labute approximate surface area is 157 Å². The van der Waals surface area contributed by atoms with Crippen LogP contribution in [0.2, 0.25) is 0 Å². The van der Waals surface area contributed by atoms with E-state index >= 15 is 0 Å². The van der Waals surface area contributed by atoms with Crippen LogP contribution in [0.15, 0.2) is 47.3 Å². The predicted molar refractivity (Wildman–Crippen MR) is 101 cm³/mol. The van der Waals surface area contributed by atoms with Crippen LogP contribution >= 0.6 is 0 Å². The summed E-state index contributed by atoms with van der Waals surface area (Å²) in [4.78, 5) is 37.5. The monoisotopic (exact) mass is 382 g/mol. The van der Waals surface area contributed by atoms with Crippen molar-refractivity contribution >= 4 is 17.8 Å². The standard InChI is InChI=1S/C20H15FN2O5/c1-9-7-11(5-6-13(9)21)10-3-2-4-12(8-10)14-15(19(25)26)17(22)23-18(24)16(14)20(27)28/h2-8H,1H3,(H,25,26)(H,27,28)(H3,22,23,24). The van der Waals surface area contributed by atoms with Crippen molar-refractivity contribution in [2.75, 3.05) is 5.73 Å². The molecular weight excluding hydrogens is 367 g/mol. The molecule has 5 N–H and O–H groups in total. The number of aromatic carboxylic acids is 2. The summed E-state index contributed by atoms with van der Waals surface area (Å²) in [5.41, 5.74) is 4.96. The van der Waals surface area contributed by atoms with Gasteiger partial charge < -0.3 is 20.9 Å². The third-order valence-corrected chi connectivity index (χ3v) is 4.31. The van der Waals surface area contributed by atoms with Gasteiger partial charge in [-0.2, -0.15) is 0 Å². The van der Waals surface area contributed by atoms with Gasteiger partial charge in [-0.15, -0.1) is 0 Å². The van der Waals surface area contributed by atoms with Gasteiger partial charge in [0.1, 0.15) is 22.8 Å². The zero-order valence-corrected chi connectivity index (χ0v) is 14.6. The van der Waals surface area contributed by atoms with Crippen molar-refractivity contribution in [3.63, 3.8) is 0 Å². The van der Waals surface area contributed by atoms with Gasteiger partial charge in [-0.05, 0) is 47.4 Å². The minimum Gasteiger partial charge on any atom is -0.478 e. The number of anilines is 1. The lowest BCUT2D eigenvalue weighted by Crippen LogP contribution is -2.24. The average Bonchev–Trinajstić information content (AvgIpc) is 2.62. The number of H-pyrrole nitrogens is 1. The van der Waals surface area contributed by atoms with E-state index in [1.165, 1.54) is 18.2 Å². The first-order valence-electron chi connectivity index (χ1n) is 8.10. The number of pyridine rings is 1.